The summed E-state index contributed by atoms with van der Waals surface area (Å²) in [5.74, 6) is 0. The Kier molecular flexibility index (Phi) is 3.67. The average molecular weight is 228 g/mol. The van der Waals surface area contributed by atoms with Crippen LogP contribution < -0.4 is 5.73 Å². The molecule has 88 valence electrons. The Morgan fingerprint density at radius 2 is 2.06 bits per heavy atom. The maximum atomic E-state index is 5.60. The Hall–Kier alpha value is -1.94. The number of nitrogens with zero attached hydrogens (tertiary/aromatic N) is 3. The van der Waals surface area contributed by atoms with Crippen LogP contribution in [0.3, 0.4) is 0 Å². The zero-order valence-electron chi connectivity index (χ0n) is 9.87. The van der Waals surface area contributed by atoms with Crippen LogP contribution in [-0.4, -0.2) is 21.9 Å². The second-order valence-electron chi connectivity index (χ2n) is 4.12. The number of pyridine rings is 2. The van der Waals surface area contributed by atoms with Crippen LogP contribution in [0.5, 0.6) is 0 Å². The van der Waals surface area contributed by atoms with Gasteiger partial charge < -0.3 is 5.73 Å². The highest BCUT2D eigenvalue weighted by atomic mass is 15.1. The molecule has 0 saturated carbocycles. The van der Waals surface area contributed by atoms with Crippen molar-refractivity contribution in [2.45, 2.75) is 13.1 Å². The van der Waals surface area contributed by atoms with Gasteiger partial charge in [0.05, 0.1) is 17.6 Å². The first-order valence-electron chi connectivity index (χ1n) is 5.52. The molecule has 0 spiro atoms. The van der Waals surface area contributed by atoms with Crippen LogP contribution in [0.2, 0.25) is 0 Å². The van der Waals surface area contributed by atoms with Crippen molar-refractivity contribution in [2.24, 2.45) is 0 Å². The normalized spacial score (nSPS) is 10.7. The van der Waals surface area contributed by atoms with Gasteiger partial charge in [-0.25, -0.2) is 0 Å². The Morgan fingerprint density at radius 1 is 1.18 bits per heavy atom. The number of nitrogen functional groups attached to an aromatic ring is 1. The van der Waals surface area contributed by atoms with E-state index in [9.17, 15) is 0 Å². The molecule has 0 radical (unpaired) electrons. The molecule has 2 aromatic heterocycles. The first-order valence-corrected chi connectivity index (χ1v) is 5.52. The van der Waals surface area contributed by atoms with E-state index < -0.39 is 0 Å². The quantitative estimate of drug-likeness (QED) is 0.865. The molecule has 0 atom stereocenters. The van der Waals surface area contributed by atoms with Crippen LogP contribution in [0.1, 0.15) is 11.3 Å². The number of anilines is 1. The molecule has 4 nitrogen and oxygen atoms in total. The first-order chi connectivity index (χ1) is 8.24. The standard InChI is InChI=1S/C13H16N4/c1-17(9-11-3-2-6-15-7-11)10-13-5-4-12(14)8-16-13/h2-8H,9-10,14H2,1H3. The molecule has 0 aromatic carbocycles. The molecule has 17 heavy (non-hydrogen) atoms. The van der Waals surface area contributed by atoms with Crippen molar-refractivity contribution in [2.75, 3.05) is 12.8 Å². The topological polar surface area (TPSA) is 55.0 Å². The van der Waals surface area contributed by atoms with Gasteiger partial charge in [0.15, 0.2) is 0 Å². The van der Waals surface area contributed by atoms with Gasteiger partial charge in [-0.1, -0.05) is 6.07 Å². The predicted molar refractivity (Wildman–Crippen MR) is 68.1 cm³/mol. The highest BCUT2D eigenvalue weighted by molar-refractivity contribution is 5.34. The summed E-state index contributed by atoms with van der Waals surface area (Å²) in [4.78, 5) is 10.6. The van der Waals surface area contributed by atoms with Crippen LogP contribution in [0.25, 0.3) is 0 Å². The van der Waals surface area contributed by atoms with E-state index in [1.54, 1.807) is 12.4 Å². The van der Waals surface area contributed by atoms with Crippen molar-refractivity contribution in [3.63, 3.8) is 0 Å². The summed E-state index contributed by atoms with van der Waals surface area (Å²) in [5.41, 5.74) is 8.51. The van der Waals surface area contributed by atoms with Gasteiger partial charge in [0.1, 0.15) is 0 Å². The third kappa shape index (κ3) is 3.53. The van der Waals surface area contributed by atoms with Crippen LogP contribution in [-0.2, 0) is 13.1 Å². The van der Waals surface area contributed by atoms with E-state index in [1.807, 2.05) is 24.4 Å². The Morgan fingerprint density at radius 3 is 2.71 bits per heavy atom. The van der Waals surface area contributed by atoms with Gasteiger partial charge in [-0.05, 0) is 30.8 Å². The van der Waals surface area contributed by atoms with Crippen LogP contribution in [0.4, 0.5) is 5.69 Å². The Labute approximate surface area is 101 Å². The smallest absolute Gasteiger partial charge is 0.0545 e. The molecule has 0 aliphatic rings. The lowest BCUT2D eigenvalue weighted by Crippen LogP contribution is -2.18. The highest BCUT2D eigenvalue weighted by Crippen LogP contribution is 2.06. The largest absolute Gasteiger partial charge is 0.397 e. The van der Waals surface area contributed by atoms with Crippen molar-refractivity contribution in [3.8, 4) is 0 Å². The van der Waals surface area contributed by atoms with E-state index in [2.05, 4.69) is 28.0 Å². The van der Waals surface area contributed by atoms with E-state index in [0.717, 1.165) is 18.8 Å². The third-order valence-corrected chi connectivity index (χ3v) is 2.45. The molecule has 0 aliphatic carbocycles. The second kappa shape index (κ2) is 5.41. The number of hydrogen-bond donors (Lipinski definition) is 1. The molecule has 0 bridgehead atoms. The van der Waals surface area contributed by atoms with Crippen molar-refractivity contribution in [3.05, 3.63) is 54.1 Å². The maximum absolute atomic E-state index is 5.60. The summed E-state index contributed by atoms with van der Waals surface area (Å²) in [6.45, 7) is 1.66. The van der Waals surface area contributed by atoms with Crippen LogP contribution in [0, 0.1) is 0 Å². The second-order valence-corrected chi connectivity index (χ2v) is 4.12. The number of rotatable bonds is 4. The van der Waals surface area contributed by atoms with Crippen molar-refractivity contribution < 1.29 is 0 Å². The minimum Gasteiger partial charge on any atom is -0.397 e. The molecule has 4 heteroatoms. The van der Waals surface area contributed by atoms with Crippen molar-refractivity contribution in [1.82, 2.24) is 14.9 Å². The zero-order chi connectivity index (χ0) is 12.1. The fraction of sp³-hybridized carbons (Fsp3) is 0.231. The van der Waals surface area contributed by atoms with E-state index in [1.165, 1.54) is 5.56 Å². The molecular formula is C13H16N4. The number of aromatic nitrogens is 2. The van der Waals surface area contributed by atoms with E-state index >= 15 is 0 Å². The lowest BCUT2D eigenvalue weighted by Gasteiger charge is -2.15. The van der Waals surface area contributed by atoms with E-state index in [0.29, 0.717) is 5.69 Å². The van der Waals surface area contributed by atoms with Gasteiger partial charge in [0.25, 0.3) is 0 Å². The van der Waals surface area contributed by atoms with Crippen LogP contribution >= 0.6 is 0 Å². The fourth-order valence-corrected chi connectivity index (χ4v) is 1.67. The minimum absolute atomic E-state index is 0.698. The summed E-state index contributed by atoms with van der Waals surface area (Å²) < 4.78 is 0. The summed E-state index contributed by atoms with van der Waals surface area (Å²) in [6.07, 6.45) is 5.35. The summed E-state index contributed by atoms with van der Waals surface area (Å²) in [6, 6.07) is 7.85. The lowest BCUT2D eigenvalue weighted by atomic mass is 10.2. The molecule has 2 heterocycles. The molecule has 0 amide bonds. The molecule has 2 rings (SSSR count). The number of hydrogen-bond acceptors (Lipinski definition) is 4. The fourth-order valence-electron chi connectivity index (χ4n) is 1.67. The summed E-state index contributed by atoms with van der Waals surface area (Å²) in [7, 11) is 2.06. The Bertz CT molecular complexity index is 453. The Balaban J connectivity index is 1.93. The van der Waals surface area contributed by atoms with Gasteiger partial charge >= 0.3 is 0 Å². The zero-order valence-corrected chi connectivity index (χ0v) is 9.87. The van der Waals surface area contributed by atoms with Gasteiger partial charge in [0, 0.05) is 25.5 Å². The van der Waals surface area contributed by atoms with Crippen molar-refractivity contribution in [1.29, 1.82) is 0 Å². The monoisotopic (exact) mass is 228 g/mol. The molecule has 0 aliphatic heterocycles. The molecule has 0 saturated heterocycles. The first kappa shape index (κ1) is 11.5. The number of nitrogens with two attached hydrogens (primary N) is 1. The summed E-state index contributed by atoms with van der Waals surface area (Å²) in [5, 5.41) is 0. The summed E-state index contributed by atoms with van der Waals surface area (Å²) >= 11 is 0. The molecule has 2 aromatic rings. The van der Waals surface area contributed by atoms with Gasteiger partial charge in [-0.3, -0.25) is 14.9 Å². The predicted octanol–water partition coefficient (Wildman–Crippen LogP) is 1.69. The molecular weight excluding hydrogens is 212 g/mol. The lowest BCUT2D eigenvalue weighted by molar-refractivity contribution is 0.315. The van der Waals surface area contributed by atoms with E-state index in [4.69, 9.17) is 5.73 Å². The van der Waals surface area contributed by atoms with E-state index in [-0.39, 0.29) is 0 Å². The molecule has 0 fully saturated rings. The van der Waals surface area contributed by atoms with Gasteiger partial charge in [-0.15, -0.1) is 0 Å². The molecule has 0 unspecified atom stereocenters. The van der Waals surface area contributed by atoms with Gasteiger partial charge in [0.2, 0.25) is 0 Å². The SMILES string of the molecule is CN(Cc1cccnc1)Cc1ccc(N)cn1. The van der Waals surface area contributed by atoms with Crippen molar-refractivity contribution >= 4 is 5.69 Å². The minimum atomic E-state index is 0.698. The average Bonchev–Trinajstić information content (AvgIpc) is 2.33. The third-order valence-electron chi connectivity index (χ3n) is 2.45. The van der Waals surface area contributed by atoms with Crippen LogP contribution in [0.15, 0.2) is 42.9 Å². The maximum Gasteiger partial charge on any atom is 0.0545 e. The molecule has 2 N–H and O–H groups in total. The highest BCUT2D eigenvalue weighted by Gasteiger charge is 2.02. The van der Waals surface area contributed by atoms with Gasteiger partial charge in [-0.2, -0.15) is 0 Å².